The van der Waals surface area contributed by atoms with Crippen LogP contribution in [0.2, 0.25) is 0 Å². The Morgan fingerprint density at radius 3 is 3.05 bits per heavy atom. The monoisotopic (exact) mass is 283 g/mol. The van der Waals surface area contributed by atoms with Gasteiger partial charge in [-0.3, -0.25) is 4.98 Å². The molecule has 0 radical (unpaired) electrons. The van der Waals surface area contributed by atoms with Crippen LogP contribution in [0.1, 0.15) is 25.7 Å². The van der Waals surface area contributed by atoms with E-state index in [1.54, 1.807) is 0 Å². The lowest BCUT2D eigenvalue weighted by molar-refractivity contribution is -0.00857. The molecule has 1 saturated carbocycles. The summed E-state index contributed by atoms with van der Waals surface area (Å²) in [4.78, 5) is 7.09. The van der Waals surface area contributed by atoms with Gasteiger partial charge >= 0.3 is 0 Å². The number of ether oxygens (including phenoxy) is 1. The molecule has 4 rings (SSSR count). The average Bonchev–Trinajstić information content (AvgIpc) is 2.55. The number of nitrogens with zero attached hydrogens (tertiary/aromatic N) is 2. The second kappa shape index (κ2) is 5.19. The van der Waals surface area contributed by atoms with Crippen molar-refractivity contribution in [1.29, 1.82) is 0 Å². The van der Waals surface area contributed by atoms with E-state index in [0.29, 0.717) is 12.1 Å². The van der Waals surface area contributed by atoms with E-state index in [4.69, 9.17) is 10.5 Å². The summed E-state index contributed by atoms with van der Waals surface area (Å²) >= 11 is 0. The molecule has 2 unspecified atom stereocenters. The normalized spacial score (nSPS) is 25.8. The highest BCUT2D eigenvalue weighted by atomic mass is 16.5. The van der Waals surface area contributed by atoms with Gasteiger partial charge in [0.25, 0.3) is 0 Å². The van der Waals surface area contributed by atoms with Gasteiger partial charge in [-0.15, -0.1) is 0 Å². The number of anilines is 2. The van der Waals surface area contributed by atoms with Crippen molar-refractivity contribution >= 4 is 22.3 Å². The minimum absolute atomic E-state index is 0.379. The van der Waals surface area contributed by atoms with Gasteiger partial charge in [-0.25, -0.2) is 0 Å². The summed E-state index contributed by atoms with van der Waals surface area (Å²) in [5.41, 5.74) is 9.13. The molecule has 4 nitrogen and oxygen atoms in total. The summed E-state index contributed by atoms with van der Waals surface area (Å²) in [6.45, 7) is 1.75. The Hall–Kier alpha value is -1.81. The largest absolute Gasteiger partial charge is 0.398 e. The first-order valence-corrected chi connectivity index (χ1v) is 7.86. The maximum atomic E-state index is 6.10. The van der Waals surface area contributed by atoms with Crippen LogP contribution in [-0.4, -0.2) is 30.3 Å². The SMILES string of the molecule is Nc1ccc(N2CCOC3CCCCC32)c2ncccc12. The standard InChI is InChI=1S/C17H21N3O/c18-13-7-8-15(17-12(13)4-3-9-19-17)20-10-11-21-16-6-2-1-5-14(16)20/h3-4,7-9,14,16H,1-2,5-6,10-11,18H2. The number of aromatic nitrogens is 1. The molecule has 1 aliphatic carbocycles. The molecule has 2 aliphatic rings. The van der Waals surface area contributed by atoms with Crippen molar-refractivity contribution in [2.24, 2.45) is 0 Å². The first-order valence-electron chi connectivity index (χ1n) is 7.86. The highest BCUT2D eigenvalue weighted by molar-refractivity contribution is 5.98. The van der Waals surface area contributed by atoms with Crippen molar-refractivity contribution in [3.8, 4) is 0 Å². The Balaban J connectivity index is 1.80. The summed E-state index contributed by atoms with van der Waals surface area (Å²) < 4.78 is 5.98. The number of fused-ring (bicyclic) bond motifs is 2. The zero-order valence-corrected chi connectivity index (χ0v) is 12.2. The van der Waals surface area contributed by atoms with Crippen molar-refractivity contribution in [1.82, 2.24) is 4.98 Å². The second-order valence-electron chi connectivity index (χ2n) is 6.03. The first-order chi connectivity index (χ1) is 10.3. The lowest BCUT2D eigenvalue weighted by atomic mass is 9.89. The van der Waals surface area contributed by atoms with E-state index in [9.17, 15) is 0 Å². The van der Waals surface area contributed by atoms with Crippen molar-refractivity contribution in [3.05, 3.63) is 30.5 Å². The molecule has 0 spiro atoms. The lowest BCUT2D eigenvalue weighted by Gasteiger charge is -2.45. The van der Waals surface area contributed by atoms with E-state index < -0.39 is 0 Å². The number of rotatable bonds is 1. The van der Waals surface area contributed by atoms with E-state index in [-0.39, 0.29) is 0 Å². The molecule has 2 fully saturated rings. The Morgan fingerprint density at radius 2 is 2.10 bits per heavy atom. The summed E-state index contributed by atoms with van der Waals surface area (Å²) in [7, 11) is 0. The molecule has 1 aliphatic heterocycles. The van der Waals surface area contributed by atoms with Crippen LogP contribution in [0.5, 0.6) is 0 Å². The molecule has 4 heteroatoms. The molecule has 0 bridgehead atoms. The van der Waals surface area contributed by atoms with E-state index in [0.717, 1.165) is 29.7 Å². The smallest absolute Gasteiger partial charge is 0.0956 e. The quantitative estimate of drug-likeness (QED) is 0.818. The van der Waals surface area contributed by atoms with E-state index >= 15 is 0 Å². The molecule has 2 heterocycles. The zero-order valence-electron chi connectivity index (χ0n) is 12.2. The maximum Gasteiger partial charge on any atom is 0.0956 e. The van der Waals surface area contributed by atoms with Crippen LogP contribution in [0.4, 0.5) is 11.4 Å². The fourth-order valence-electron chi connectivity index (χ4n) is 3.81. The van der Waals surface area contributed by atoms with Gasteiger partial charge in [-0.2, -0.15) is 0 Å². The van der Waals surface area contributed by atoms with Crippen LogP contribution in [0.3, 0.4) is 0 Å². The lowest BCUT2D eigenvalue weighted by Crippen LogP contribution is -2.52. The topological polar surface area (TPSA) is 51.4 Å². The molecular formula is C17H21N3O. The maximum absolute atomic E-state index is 6.10. The van der Waals surface area contributed by atoms with Crippen LogP contribution in [0.25, 0.3) is 10.9 Å². The second-order valence-corrected chi connectivity index (χ2v) is 6.03. The zero-order chi connectivity index (χ0) is 14.2. The molecule has 21 heavy (non-hydrogen) atoms. The molecule has 1 saturated heterocycles. The predicted molar refractivity (Wildman–Crippen MR) is 85.5 cm³/mol. The van der Waals surface area contributed by atoms with Crippen LogP contribution >= 0.6 is 0 Å². The average molecular weight is 283 g/mol. The molecule has 2 atom stereocenters. The van der Waals surface area contributed by atoms with Crippen LogP contribution in [0.15, 0.2) is 30.5 Å². The summed E-state index contributed by atoms with van der Waals surface area (Å²) in [5, 5.41) is 1.05. The number of hydrogen-bond donors (Lipinski definition) is 1. The minimum Gasteiger partial charge on any atom is -0.398 e. The molecule has 0 amide bonds. The fraction of sp³-hybridized carbons (Fsp3) is 0.471. The third-order valence-corrected chi connectivity index (χ3v) is 4.82. The van der Waals surface area contributed by atoms with Gasteiger partial charge in [-0.1, -0.05) is 12.8 Å². The van der Waals surface area contributed by atoms with Gasteiger partial charge in [0.15, 0.2) is 0 Å². The minimum atomic E-state index is 0.379. The highest BCUT2D eigenvalue weighted by Crippen LogP contribution is 2.36. The third kappa shape index (κ3) is 2.14. The number of nitrogen functional groups attached to an aromatic ring is 1. The molecular weight excluding hydrogens is 262 g/mol. The van der Waals surface area contributed by atoms with Crippen molar-refractivity contribution in [2.75, 3.05) is 23.8 Å². The number of hydrogen-bond acceptors (Lipinski definition) is 4. The number of pyridine rings is 1. The third-order valence-electron chi connectivity index (χ3n) is 4.82. The summed E-state index contributed by atoms with van der Waals surface area (Å²) in [6.07, 6.45) is 7.20. The van der Waals surface area contributed by atoms with Crippen molar-refractivity contribution in [3.63, 3.8) is 0 Å². The van der Waals surface area contributed by atoms with E-state index in [1.165, 1.54) is 31.4 Å². The molecule has 1 aromatic carbocycles. The summed E-state index contributed by atoms with van der Waals surface area (Å²) in [5.74, 6) is 0. The molecule has 110 valence electrons. The van der Waals surface area contributed by atoms with E-state index in [1.807, 2.05) is 18.3 Å². The first kappa shape index (κ1) is 12.9. The van der Waals surface area contributed by atoms with Crippen LogP contribution in [-0.2, 0) is 4.74 Å². The molecule has 2 aromatic rings. The number of benzene rings is 1. The highest BCUT2D eigenvalue weighted by Gasteiger charge is 2.35. The Bertz CT molecular complexity index is 656. The molecule has 1 aromatic heterocycles. The fourth-order valence-corrected chi connectivity index (χ4v) is 3.81. The predicted octanol–water partition coefficient (Wildman–Crippen LogP) is 2.96. The molecule has 2 N–H and O–H groups in total. The number of nitrogens with two attached hydrogens (primary N) is 1. The Morgan fingerprint density at radius 1 is 1.19 bits per heavy atom. The van der Waals surface area contributed by atoms with Crippen molar-refractivity contribution < 1.29 is 4.74 Å². The Labute approximate surface area is 124 Å². The van der Waals surface area contributed by atoms with Crippen LogP contribution in [0, 0.1) is 0 Å². The number of morpholine rings is 1. The van der Waals surface area contributed by atoms with Gasteiger partial charge in [0, 0.05) is 23.8 Å². The Kier molecular flexibility index (Phi) is 3.19. The van der Waals surface area contributed by atoms with Crippen molar-refractivity contribution in [2.45, 2.75) is 37.8 Å². The van der Waals surface area contributed by atoms with Gasteiger partial charge < -0.3 is 15.4 Å². The van der Waals surface area contributed by atoms with Gasteiger partial charge in [0.05, 0.1) is 30.0 Å². The van der Waals surface area contributed by atoms with Gasteiger partial charge in [-0.05, 0) is 37.1 Å². The van der Waals surface area contributed by atoms with E-state index in [2.05, 4.69) is 22.0 Å². The van der Waals surface area contributed by atoms with Gasteiger partial charge in [0.2, 0.25) is 0 Å². The van der Waals surface area contributed by atoms with Crippen LogP contribution < -0.4 is 10.6 Å². The van der Waals surface area contributed by atoms with Gasteiger partial charge in [0.1, 0.15) is 0 Å². The summed E-state index contributed by atoms with van der Waals surface area (Å²) in [6, 6.07) is 8.63.